The van der Waals surface area contributed by atoms with E-state index in [0.29, 0.717) is 0 Å². The van der Waals surface area contributed by atoms with Gasteiger partial charge >= 0.3 is 14.4 Å². The summed E-state index contributed by atoms with van der Waals surface area (Å²) in [7, 11) is -3.57. The summed E-state index contributed by atoms with van der Waals surface area (Å²) < 4.78 is 22.2. The molecule has 0 N–H and O–H groups in total. The molecule has 0 unspecified atom stereocenters. The Labute approximate surface area is 117 Å². The van der Waals surface area contributed by atoms with Gasteiger partial charge in [0.1, 0.15) is 0 Å². The summed E-state index contributed by atoms with van der Waals surface area (Å²) in [5, 5.41) is 0. The SMILES string of the molecule is C=C(C)OC(=O)[Si](OC(C)C)(OC(C)C)OC(C)C. The summed E-state index contributed by atoms with van der Waals surface area (Å²) in [5.74, 6) is 0.286. The number of carbonyl (C=O) groups excluding carboxylic acids is 1. The highest BCUT2D eigenvalue weighted by Gasteiger charge is 2.55. The third-order valence-corrected chi connectivity index (χ3v) is 4.64. The van der Waals surface area contributed by atoms with Crippen LogP contribution in [-0.2, 0) is 18.0 Å². The van der Waals surface area contributed by atoms with Crippen LogP contribution in [0.2, 0.25) is 0 Å². The van der Waals surface area contributed by atoms with E-state index in [9.17, 15) is 4.79 Å². The maximum Gasteiger partial charge on any atom is 0.622 e. The molecule has 0 aliphatic rings. The molecule has 0 aromatic heterocycles. The minimum Gasteiger partial charge on any atom is -0.430 e. The number of carbonyl (C=O) groups is 1. The van der Waals surface area contributed by atoms with Gasteiger partial charge in [-0.25, -0.2) is 4.79 Å². The van der Waals surface area contributed by atoms with Crippen LogP contribution in [-0.4, -0.2) is 32.7 Å². The highest BCUT2D eigenvalue weighted by molar-refractivity contribution is 6.91. The van der Waals surface area contributed by atoms with Crippen LogP contribution in [0.25, 0.3) is 0 Å². The van der Waals surface area contributed by atoms with Crippen LogP contribution < -0.4 is 0 Å². The number of allylic oxidation sites excluding steroid dienone is 1. The Hall–Kier alpha value is -0.693. The summed E-state index contributed by atoms with van der Waals surface area (Å²) in [6, 6.07) is 0. The molecule has 0 heterocycles. The maximum atomic E-state index is 12.3. The molecule has 6 heteroatoms. The Bertz CT molecular complexity index is 286. The lowest BCUT2D eigenvalue weighted by Crippen LogP contribution is -2.57. The molecule has 0 atom stereocenters. The van der Waals surface area contributed by atoms with Crippen LogP contribution in [0.4, 0.5) is 4.79 Å². The highest BCUT2D eigenvalue weighted by atomic mass is 28.4. The monoisotopic (exact) mass is 290 g/mol. The Morgan fingerprint density at radius 1 is 0.895 bits per heavy atom. The molecule has 0 aromatic carbocycles. The van der Waals surface area contributed by atoms with Crippen molar-refractivity contribution in [2.45, 2.75) is 66.8 Å². The molecule has 112 valence electrons. The number of rotatable bonds is 8. The molecule has 0 rings (SSSR count). The first kappa shape index (κ1) is 18.3. The van der Waals surface area contributed by atoms with Crippen molar-refractivity contribution < 1.29 is 22.8 Å². The van der Waals surface area contributed by atoms with E-state index in [1.165, 1.54) is 0 Å². The summed E-state index contributed by atoms with van der Waals surface area (Å²) in [5.41, 5.74) is -0.615. The predicted octanol–water partition coefficient (Wildman–Crippen LogP) is 3.45. The van der Waals surface area contributed by atoms with Crippen molar-refractivity contribution in [2.24, 2.45) is 0 Å². The normalized spacial score (nSPS) is 12.3. The van der Waals surface area contributed by atoms with Gasteiger partial charge in [0.2, 0.25) is 0 Å². The van der Waals surface area contributed by atoms with Gasteiger partial charge < -0.3 is 18.0 Å². The van der Waals surface area contributed by atoms with Crippen molar-refractivity contribution in [3.8, 4) is 0 Å². The third-order valence-electron chi connectivity index (χ3n) is 1.69. The molecule has 0 saturated carbocycles. The van der Waals surface area contributed by atoms with Crippen molar-refractivity contribution in [3.63, 3.8) is 0 Å². The fourth-order valence-corrected chi connectivity index (χ4v) is 4.00. The summed E-state index contributed by atoms with van der Waals surface area (Å²) in [6.45, 7) is 16.1. The number of hydrogen-bond acceptors (Lipinski definition) is 5. The Balaban J connectivity index is 5.31. The van der Waals surface area contributed by atoms with Gasteiger partial charge in [0.15, 0.2) is 0 Å². The highest BCUT2D eigenvalue weighted by Crippen LogP contribution is 2.21. The van der Waals surface area contributed by atoms with E-state index >= 15 is 0 Å². The largest absolute Gasteiger partial charge is 0.622 e. The molecule has 0 saturated heterocycles. The Kier molecular flexibility index (Phi) is 7.51. The lowest BCUT2D eigenvalue weighted by molar-refractivity contribution is 0.00455. The van der Waals surface area contributed by atoms with Crippen molar-refractivity contribution in [2.75, 3.05) is 0 Å². The van der Waals surface area contributed by atoms with Crippen molar-refractivity contribution in [1.82, 2.24) is 0 Å². The molecule has 19 heavy (non-hydrogen) atoms. The van der Waals surface area contributed by atoms with Gasteiger partial charge in [-0.3, -0.25) is 0 Å². The average Bonchev–Trinajstić information content (AvgIpc) is 2.12. The fraction of sp³-hybridized carbons (Fsp3) is 0.769. The molecule has 0 spiro atoms. The first-order valence-electron chi connectivity index (χ1n) is 6.50. The van der Waals surface area contributed by atoms with Crippen molar-refractivity contribution in [1.29, 1.82) is 0 Å². The van der Waals surface area contributed by atoms with Crippen LogP contribution in [0.5, 0.6) is 0 Å². The van der Waals surface area contributed by atoms with E-state index in [1.807, 2.05) is 41.5 Å². The molecule has 0 aromatic rings. The molecule has 5 nitrogen and oxygen atoms in total. The molecule has 0 aliphatic carbocycles. The van der Waals surface area contributed by atoms with Gasteiger partial charge in [-0.1, -0.05) is 6.58 Å². The standard InChI is InChI=1S/C13H26O5Si/c1-9(2)15-13(14)19(16-10(3)4,17-11(5)6)18-12(7)8/h10-12H,1H2,2-8H3. The van der Waals surface area contributed by atoms with E-state index in [-0.39, 0.29) is 24.1 Å². The van der Waals surface area contributed by atoms with Gasteiger partial charge in [-0.05, 0) is 48.5 Å². The first-order valence-corrected chi connectivity index (χ1v) is 8.22. The van der Waals surface area contributed by atoms with Gasteiger partial charge in [-0.15, -0.1) is 0 Å². The molecular weight excluding hydrogens is 264 g/mol. The second-order valence-corrected chi connectivity index (χ2v) is 7.38. The maximum absolute atomic E-state index is 12.3. The topological polar surface area (TPSA) is 54.0 Å². The fourth-order valence-electron chi connectivity index (χ4n) is 1.38. The Morgan fingerprint density at radius 2 is 1.21 bits per heavy atom. The molecule has 0 amide bonds. The Morgan fingerprint density at radius 3 is 1.42 bits per heavy atom. The smallest absolute Gasteiger partial charge is 0.430 e. The van der Waals surface area contributed by atoms with Gasteiger partial charge in [-0.2, -0.15) is 0 Å². The minimum absolute atomic E-state index is 0.207. The molecule has 0 bridgehead atoms. The van der Waals surface area contributed by atoms with Gasteiger partial charge in [0.05, 0.1) is 5.76 Å². The van der Waals surface area contributed by atoms with E-state index < -0.39 is 14.4 Å². The van der Waals surface area contributed by atoms with Crippen LogP contribution >= 0.6 is 0 Å². The van der Waals surface area contributed by atoms with Gasteiger partial charge in [0.25, 0.3) is 0 Å². The van der Waals surface area contributed by atoms with Crippen molar-refractivity contribution in [3.05, 3.63) is 12.3 Å². The molecule has 0 aliphatic heterocycles. The first-order chi connectivity index (χ1) is 8.59. The van der Waals surface area contributed by atoms with E-state index in [4.69, 9.17) is 18.0 Å². The molecule has 0 radical (unpaired) electrons. The van der Waals surface area contributed by atoms with E-state index in [2.05, 4.69) is 6.58 Å². The van der Waals surface area contributed by atoms with Crippen LogP contribution in [0.1, 0.15) is 48.5 Å². The lowest BCUT2D eigenvalue weighted by atomic mass is 10.5. The zero-order chi connectivity index (χ0) is 15.2. The van der Waals surface area contributed by atoms with Crippen molar-refractivity contribution >= 4 is 14.4 Å². The number of hydrogen-bond donors (Lipinski definition) is 0. The third kappa shape index (κ3) is 6.86. The van der Waals surface area contributed by atoms with E-state index in [0.717, 1.165) is 0 Å². The van der Waals surface area contributed by atoms with Crippen LogP contribution in [0.3, 0.4) is 0 Å². The molecule has 0 fully saturated rings. The second kappa shape index (κ2) is 7.79. The zero-order valence-electron chi connectivity index (χ0n) is 13.0. The van der Waals surface area contributed by atoms with Crippen LogP contribution in [0, 0.1) is 0 Å². The quantitative estimate of drug-likeness (QED) is 0.506. The zero-order valence-corrected chi connectivity index (χ0v) is 14.0. The number of ether oxygens (including phenoxy) is 1. The minimum atomic E-state index is -3.57. The van der Waals surface area contributed by atoms with Crippen LogP contribution in [0.15, 0.2) is 12.3 Å². The summed E-state index contributed by atoms with van der Waals surface area (Å²) in [4.78, 5) is 12.3. The summed E-state index contributed by atoms with van der Waals surface area (Å²) >= 11 is 0. The lowest BCUT2D eigenvalue weighted by Gasteiger charge is -2.31. The summed E-state index contributed by atoms with van der Waals surface area (Å²) in [6.07, 6.45) is -0.620. The second-order valence-electron chi connectivity index (χ2n) is 5.15. The predicted molar refractivity (Wildman–Crippen MR) is 75.7 cm³/mol. The average molecular weight is 290 g/mol. The van der Waals surface area contributed by atoms with E-state index in [1.54, 1.807) is 6.92 Å². The molecular formula is C13H26O5Si. The van der Waals surface area contributed by atoms with Gasteiger partial charge in [0, 0.05) is 18.3 Å².